The van der Waals surface area contributed by atoms with Crippen molar-refractivity contribution in [1.82, 2.24) is 10.6 Å². The Hall–Kier alpha value is -1.82. The van der Waals surface area contributed by atoms with Crippen molar-refractivity contribution in [1.29, 1.82) is 0 Å². The molecule has 0 atom stereocenters. The van der Waals surface area contributed by atoms with E-state index in [-0.39, 0.29) is 22.6 Å². The van der Waals surface area contributed by atoms with Gasteiger partial charge in [0.15, 0.2) is 9.84 Å². The Morgan fingerprint density at radius 3 is 2.27 bits per heavy atom. The summed E-state index contributed by atoms with van der Waals surface area (Å²) in [6.45, 7) is 10.1. The number of carbonyl (C=O) groups excluding carboxylic acids is 1. The normalized spacial score (nSPS) is 11.8. The number of hydrogen-bond acceptors (Lipinski definition) is 3. The van der Waals surface area contributed by atoms with Gasteiger partial charge < -0.3 is 10.6 Å². The van der Waals surface area contributed by atoms with Crippen LogP contribution < -0.4 is 10.6 Å². The van der Waals surface area contributed by atoms with E-state index in [0.717, 1.165) is 5.56 Å². The van der Waals surface area contributed by atoms with Crippen LogP contribution in [0.4, 0.5) is 4.79 Å². The minimum absolute atomic E-state index is 0.0207. The molecule has 1 aromatic rings. The molecule has 0 bridgehead atoms. The SMILES string of the molecule is C=CCNC(=O)NCCS(=O)(=O)c1ccc(C(C)(C)C)cc1. The van der Waals surface area contributed by atoms with Gasteiger partial charge in [-0.15, -0.1) is 6.58 Å². The van der Waals surface area contributed by atoms with Crippen LogP contribution in [0.3, 0.4) is 0 Å². The van der Waals surface area contributed by atoms with E-state index in [1.165, 1.54) is 0 Å². The highest BCUT2D eigenvalue weighted by atomic mass is 32.2. The maximum atomic E-state index is 12.2. The van der Waals surface area contributed by atoms with Crippen molar-refractivity contribution in [3.05, 3.63) is 42.5 Å². The third-order valence-corrected chi connectivity index (χ3v) is 4.87. The van der Waals surface area contributed by atoms with E-state index in [4.69, 9.17) is 0 Å². The summed E-state index contributed by atoms with van der Waals surface area (Å²) in [5.74, 6) is -0.136. The fourth-order valence-corrected chi connectivity index (χ4v) is 2.96. The highest BCUT2D eigenvalue weighted by Gasteiger charge is 2.17. The lowest BCUT2D eigenvalue weighted by Gasteiger charge is -2.19. The van der Waals surface area contributed by atoms with E-state index in [2.05, 4.69) is 38.0 Å². The number of amides is 2. The zero-order chi connectivity index (χ0) is 16.8. The number of nitrogens with one attached hydrogen (secondary N) is 2. The highest BCUT2D eigenvalue weighted by molar-refractivity contribution is 7.91. The average molecular weight is 324 g/mol. The first-order valence-electron chi connectivity index (χ1n) is 7.13. The van der Waals surface area contributed by atoms with Crippen molar-refractivity contribution in [2.24, 2.45) is 0 Å². The standard InChI is InChI=1S/C16H24N2O3S/c1-5-10-17-15(19)18-11-12-22(20,21)14-8-6-13(7-9-14)16(2,3)4/h5-9H,1,10-12H2,2-4H3,(H2,17,18,19). The first kappa shape index (κ1) is 18.2. The molecule has 122 valence electrons. The largest absolute Gasteiger partial charge is 0.337 e. The number of urea groups is 1. The van der Waals surface area contributed by atoms with Gasteiger partial charge in [0.2, 0.25) is 0 Å². The Labute approximate surface area is 132 Å². The third-order valence-electron chi connectivity index (χ3n) is 3.14. The predicted octanol–water partition coefficient (Wildman–Crippen LogP) is 2.24. The summed E-state index contributed by atoms with van der Waals surface area (Å²) in [5.41, 5.74) is 1.06. The molecule has 0 saturated carbocycles. The van der Waals surface area contributed by atoms with Crippen molar-refractivity contribution < 1.29 is 13.2 Å². The summed E-state index contributed by atoms with van der Waals surface area (Å²) in [6, 6.07) is 6.49. The number of carbonyl (C=O) groups is 1. The van der Waals surface area contributed by atoms with Crippen molar-refractivity contribution in [2.75, 3.05) is 18.8 Å². The van der Waals surface area contributed by atoms with Crippen LogP contribution in [-0.2, 0) is 15.3 Å². The second-order valence-corrected chi connectivity index (χ2v) is 8.13. The molecule has 6 heteroatoms. The minimum atomic E-state index is -3.40. The number of sulfone groups is 1. The van der Waals surface area contributed by atoms with Crippen LogP contribution in [0, 0.1) is 0 Å². The quantitative estimate of drug-likeness (QED) is 0.788. The van der Waals surface area contributed by atoms with Crippen LogP contribution in [-0.4, -0.2) is 33.3 Å². The molecule has 0 saturated heterocycles. The van der Waals surface area contributed by atoms with E-state index in [1.54, 1.807) is 18.2 Å². The first-order valence-corrected chi connectivity index (χ1v) is 8.78. The Bertz CT molecular complexity index is 614. The second-order valence-electron chi connectivity index (χ2n) is 6.02. The number of benzene rings is 1. The third kappa shape index (κ3) is 5.52. The molecule has 0 aliphatic carbocycles. The van der Waals surface area contributed by atoms with Gasteiger partial charge in [-0.25, -0.2) is 13.2 Å². The Morgan fingerprint density at radius 1 is 1.18 bits per heavy atom. The predicted molar refractivity (Wildman–Crippen MR) is 88.8 cm³/mol. The maximum Gasteiger partial charge on any atom is 0.315 e. The summed E-state index contributed by atoms with van der Waals surface area (Å²) in [6.07, 6.45) is 1.55. The lowest BCUT2D eigenvalue weighted by molar-refractivity contribution is 0.242. The Morgan fingerprint density at radius 2 is 1.77 bits per heavy atom. The molecule has 5 nitrogen and oxygen atoms in total. The Kier molecular flexibility index (Phi) is 6.17. The number of rotatable bonds is 6. The van der Waals surface area contributed by atoms with Crippen LogP contribution in [0.5, 0.6) is 0 Å². The zero-order valence-electron chi connectivity index (χ0n) is 13.3. The molecule has 0 aliphatic heterocycles. The summed E-state index contributed by atoms with van der Waals surface area (Å²) < 4.78 is 24.4. The monoisotopic (exact) mass is 324 g/mol. The van der Waals surface area contributed by atoms with Gasteiger partial charge >= 0.3 is 6.03 Å². The second kappa shape index (κ2) is 7.45. The molecule has 0 radical (unpaired) electrons. The van der Waals surface area contributed by atoms with Crippen molar-refractivity contribution in [3.8, 4) is 0 Å². The van der Waals surface area contributed by atoms with Gasteiger partial charge in [0.1, 0.15) is 0 Å². The molecule has 2 N–H and O–H groups in total. The van der Waals surface area contributed by atoms with E-state index in [9.17, 15) is 13.2 Å². The van der Waals surface area contributed by atoms with Crippen molar-refractivity contribution >= 4 is 15.9 Å². The zero-order valence-corrected chi connectivity index (χ0v) is 14.2. The summed E-state index contributed by atoms with van der Waals surface area (Å²) in [5, 5.41) is 5.02. The van der Waals surface area contributed by atoms with E-state index in [1.807, 2.05) is 12.1 Å². The fourth-order valence-electron chi connectivity index (χ4n) is 1.81. The Balaban J connectivity index is 2.63. The molecule has 0 unspecified atom stereocenters. The van der Waals surface area contributed by atoms with Gasteiger partial charge in [-0.1, -0.05) is 39.0 Å². The molecule has 0 fully saturated rings. The lowest BCUT2D eigenvalue weighted by Crippen LogP contribution is -2.38. The van der Waals surface area contributed by atoms with Crippen LogP contribution in [0.25, 0.3) is 0 Å². The summed E-state index contributed by atoms with van der Waals surface area (Å²) in [4.78, 5) is 11.6. The van der Waals surface area contributed by atoms with Crippen LogP contribution in [0.2, 0.25) is 0 Å². The molecule has 0 aliphatic rings. The number of hydrogen-bond donors (Lipinski definition) is 2. The van der Waals surface area contributed by atoms with Crippen molar-refractivity contribution in [3.63, 3.8) is 0 Å². The first-order chi connectivity index (χ1) is 10.2. The molecular weight excluding hydrogens is 300 g/mol. The van der Waals surface area contributed by atoms with Gasteiger partial charge in [-0.3, -0.25) is 0 Å². The van der Waals surface area contributed by atoms with Crippen LogP contribution in [0.15, 0.2) is 41.8 Å². The summed E-state index contributed by atoms with van der Waals surface area (Å²) in [7, 11) is -3.40. The minimum Gasteiger partial charge on any atom is -0.337 e. The van der Waals surface area contributed by atoms with E-state index < -0.39 is 15.9 Å². The smallest absolute Gasteiger partial charge is 0.315 e. The molecular formula is C16H24N2O3S. The molecule has 1 aromatic carbocycles. The molecule has 2 amide bonds. The molecule has 0 heterocycles. The molecule has 0 spiro atoms. The summed E-state index contributed by atoms with van der Waals surface area (Å²) >= 11 is 0. The van der Waals surface area contributed by atoms with Crippen LogP contribution >= 0.6 is 0 Å². The van der Waals surface area contributed by atoms with Crippen LogP contribution in [0.1, 0.15) is 26.3 Å². The van der Waals surface area contributed by atoms with E-state index in [0.29, 0.717) is 6.54 Å². The maximum absolute atomic E-state index is 12.2. The van der Waals surface area contributed by atoms with Gasteiger partial charge in [0.25, 0.3) is 0 Å². The van der Waals surface area contributed by atoms with Gasteiger partial charge in [0, 0.05) is 13.1 Å². The van der Waals surface area contributed by atoms with Gasteiger partial charge in [-0.2, -0.15) is 0 Å². The fraction of sp³-hybridized carbons (Fsp3) is 0.438. The molecule has 22 heavy (non-hydrogen) atoms. The van der Waals surface area contributed by atoms with E-state index >= 15 is 0 Å². The van der Waals surface area contributed by atoms with Gasteiger partial charge in [-0.05, 0) is 23.1 Å². The molecule has 0 aromatic heterocycles. The van der Waals surface area contributed by atoms with Gasteiger partial charge in [0.05, 0.1) is 10.6 Å². The average Bonchev–Trinajstić information content (AvgIpc) is 2.44. The lowest BCUT2D eigenvalue weighted by atomic mass is 9.87. The topological polar surface area (TPSA) is 75.3 Å². The highest BCUT2D eigenvalue weighted by Crippen LogP contribution is 2.23. The van der Waals surface area contributed by atoms with Crippen molar-refractivity contribution in [2.45, 2.75) is 31.1 Å². The molecule has 1 rings (SSSR count).